The second-order valence-electron chi connectivity index (χ2n) is 6.37. The van der Waals surface area contributed by atoms with Gasteiger partial charge in [-0.05, 0) is 32.0 Å². The number of H-pyrrole nitrogens is 1. The van der Waals surface area contributed by atoms with Crippen molar-refractivity contribution in [3.8, 4) is 0 Å². The van der Waals surface area contributed by atoms with E-state index >= 15 is 0 Å². The molecule has 1 aromatic carbocycles. The highest BCUT2D eigenvalue weighted by atomic mass is 16.3. The van der Waals surface area contributed by atoms with Crippen LogP contribution in [0.1, 0.15) is 29.2 Å². The van der Waals surface area contributed by atoms with Gasteiger partial charge in [0.2, 0.25) is 5.91 Å². The molecule has 0 spiro atoms. The van der Waals surface area contributed by atoms with Crippen molar-refractivity contribution in [2.75, 3.05) is 18.4 Å². The van der Waals surface area contributed by atoms with Gasteiger partial charge in [-0.15, -0.1) is 0 Å². The standard InChI is InChI=1S/C18H20N4O2/c1-11-2-3-16-14(6-11)13(10-24-16)7-17(23)21-15-9-20-22-18(15)12-4-5-19-8-12/h2-3,6,9-10,12,19H,4-5,7-8H2,1H3,(H,20,22)(H,21,23). The van der Waals surface area contributed by atoms with Crippen molar-refractivity contribution in [2.45, 2.75) is 25.7 Å². The minimum absolute atomic E-state index is 0.0622. The number of amides is 1. The van der Waals surface area contributed by atoms with Crippen LogP contribution in [0.5, 0.6) is 0 Å². The van der Waals surface area contributed by atoms with Gasteiger partial charge in [-0.2, -0.15) is 5.10 Å². The molecule has 3 aromatic rings. The Labute approximate surface area is 139 Å². The lowest BCUT2D eigenvalue weighted by molar-refractivity contribution is -0.115. The highest BCUT2D eigenvalue weighted by Gasteiger charge is 2.22. The first-order chi connectivity index (χ1) is 11.7. The van der Waals surface area contributed by atoms with Crippen LogP contribution in [0.4, 0.5) is 5.69 Å². The van der Waals surface area contributed by atoms with Gasteiger partial charge in [-0.25, -0.2) is 0 Å². The minimum Gasteiger partial charge on any atom is -0.464 e. The molecule has 0 saturated carbocycles. The van der Waals surface area contributed by atoms with E-state index in [1.165, 1.54) is 0 Å². The van der Waals surface area contributed by atoms with E-state index < -0.39 is 0 Å². The van der Waals surface area contributed by atoms with Crippen molar-refractivity contribution in [3.63, 3.8) is 0 Å². The van der Waals surface area contributed by atoms with Crippen LogP contribution in [0.25, 0.3) is 11.0 Å². The Kier molecular flexibility index (Phi) is 3.82. The number of aromatic amines is 1. The van der Waals surface area contributed by atoms with Gasteiger partial charge >= 0.3 is 0 Å². The summed E-state index contributed by atoms with van der Waals surface area (Å²) in [4.78, 5) is 12.5. The molecule has 6 heteroatoms. The number of anilines is 1. The predicted molar refractivity (Wildman–Crippen MR) is 92.1 cm³/mol. The number of aryl methyl sites for hydroxylation is 1. The molecule has 0 bridgehead atoms. The van der Waals surface area contributed by atoms with Crippen LogP contribution in [-0.2, 0) is 11.2 Å². The molecule has 6 nitrogen and oxygen atoms in total. The van der Waals surface area contributed by atoms with Crippen molar-refractivity contribution < 1.29 is 9.21 Å². The van der Waals surface area contributed by atoms with Crippen molar-refractivity contribution in [3.05, 3.63) is 47.5 Å². The third kappa shape index (κ3) is 2.80. The molecule has 2 aromatic heterocycles. The van der Waals surface area contributed by atoms with Crippen molar-refractivity contribution >= 4 is 22.6 Å². The molecular weight excluding hydrogens is 304 g/mol. The fourth-order valence-corrected chi connectivity index (χ4v) is 3.31. The van der Waals surface area contributed by atoms with Crippen LogP contribution in [0, 0.1) is 6.92 Å². The highest BCUT2D eigenvalue weighted by Crippen LogP contribution is 2.27. The average Bonchev–Trinajstić information content (AvgIpc) is 3.28. The Morgan fingerprint density at radius 3 is 3.21 bits per heavy atom. The molecule has 3 N–H and O–H groups in total. The molecule has 1 aliphatic heterocycles. The largest absolute Gasteiger partial charge is 0.464 e. The summed E-state index contributed by atoms with van der Waals surface area (Å²) in [6.07, 6.45) is 4.69. The number of fused-ring (bicyclic) bond motifs is 1. The fourth-order valence-electron chi connectivity index (χ4n) is 3.31. The lowest BCUT2D eigenvalue weighted by Crippen LogP contribution is -2.16. The number of nitrogens with zero attached hydrogens (tertiary/aromatic N) is 1. The lowest BCUT2D eigenvalue weighted by atomic mass is 10.0. The summed E-state index contributed by atoms with van der Waals surface area (Å²) < 4.78 is 5.54. The number of hydrogen-bond donors (Lipinski definition) is 3. The van der Waals surface area contributed by atoms with E-state index in [-0.39, 0.29) is 12.3 Å². The van der Waals surface area contributed by atoms with E-state index in [1.807, 2.05) is 19.1 Å². The summed E-state index contributed by atoms with van der Waals surface area (Å²) in [5.74, 6) is 0.313. The van der Waals surface area contributed by atoms with Gasteiger partial charge in [-0.3, -0.25) is 9.89 Å². The van der Waals surface area contributed by atoms with Gasteiger partial charge in [-0.1, -0.05) is 11.6 Å². The summed E-state index contributed by atoms with van der Waals surface area (Å²) in [6.45, 7) is 3.94. The average molecular weight is 324 g/mol. The molecule has 1 saturated heterocycles. The first kappa shape index (κ1) is 15.0. The monoisotopic (exact) mass is 324 g/mol. The molecule has 0 radical (unpaired) electrons. The second-order valence-corrected chi connectivity index (χ2v) is 6.37. The molecule has 4 rings (SSSR count). The number of furan rings is 1. The van der Waals surface area contributed by atoms with E-state index in [0.29, 0.717) is 5.92 Å². The molecule has 1 aliphatic rings. The Bertz CT molecular complexity index is 874. The smallest absolute Gasteiger partial charge is 0.229 e. The normalized spacial score (nSPS) is 17.5. The molecule has 0 aliphatic carbocycles. The quantitative estimate of drug-likeness (QED) is 0.689. The number of carbonyl (C=O) groups is 1. The number of nitrogens with one attached hydrogen (secondary N) is 3. The van der Waals surface area contributed by atoms with E-state index in [2.05, 4.69) is 26.9 Å². The molecule has 1 unspecified atom stereocenters. The maximum absolute atomic E-state index is 12.5. The number of hydrogen-bond acceptors (Lipinski definition) is 4. The number of rotatable bonds is 4. The van der Waals surface area contributed by atoms with Gasteiger partial charge in [0.15, 0.2) is 0 Å². The van der Waals surface area contributed by atoms with E-state index in [9.17, 15) is 4.79 Å². The van der Waals surface area contributed by atoms with Crippen LogP contribution in [0.3, 0.4) is 0 Å². The van der Waals surface area contributed by atoms with Gasteiger partial charge in [0.25, 0.3) is 0 Å². The number of aromatic nitrogens is 2. The summed E-state index contributed by atoms with van der Waals surface area (Å²) >= 11 is 0. The van der Waals surface area contributed by atoms with Crippen LogP contribution >= 0.6 is 0 Å². The van der Waals surface area contributed by atoms with Gasteiger partial charge in [0.05, 0.1) is 30.3 Å². The molecule has 1 fully saturated rings. The summed E-state index contributed by atoms with van der Waals surface area (Å²) in [6, 6.07) is 5.99. The molecule has 24 heavy (non-hydrogen) atoms. The third-order valence-electron chi connectivity index (χ3n) is 4.57. The Balaban J connectivity index is 1.50. The summed E-state index contributed by atoms with van der Waals surface area (Å²) in [5, 5.41) is 14.4. The van der Waals surface area contributed by atoms with Crippen molar-refractivity contribution in [1.29, 1.82) is 0 Å². The van der Waals surface area contributed by atoms with Crippen molar-refractivity contribution in [1.82, 2.24) is 15.5 Å². The predicted octanol–water partition coefficient (Wildman–Crippen LogP) is 2.72. The topological polar surface area (TPSA) is 83.0 Å². The lowest BCUT2D eigenvalue weighted by Gasteiger charge is -2.10. The van der Waals surface area contributed by atoms with Crippen LogP contribution < -0.4 is 10.6 Å². The maximum atomic E-state index is 12.5. The minimum atomic E-state index is -0.0622. The first-order valence-corrected chi connectivity index (χ1v) is 8.21. The van der Waals surface area contributed by atoms with Crippen LogP contribution in [0.2, 0.25) is 0 Å². The summed E-state index contributed by atoms with van der Waals surface area (Å²) in [7, 11) is 0. The molecular formula is C18H20N4O2. The molecule has 124 valence electrons. The Morgan fingerprint density at radius 1 is 1.46 bits per heavy atom. The van der Waals surface area contributed by atoms with Gasteiger partial charge in [0.1, 0.15) is 5.58 Å². The second kappa shape index (κ2) is 6.13. The first-order valence-electron chi connectivity index (χ1n) is 8.21. The van der Waals surface area contributed by atoms with E-state index in [0.717, 1.165) is 53.0 Å². The van der Waals surface area contributed by atoms with Crippen LogP contribution in [-0.4, -0.2) is 29.2 Å². The zero-order valence-corrected chi connectivity index (χ0v) is 13.6. The van der Waals surface area contributed by atoms with Crippen molar-refractivity contribution in [2.24, 2.45) is 0 Å². The Hall–Kier alpha value is -2.60. The zero-order valence-electron chi connectivity index (χ0n) is 13.6. The summed E-state index contributed by atoms with van der Waals surface area (Å²) in [5.41, 5.74) is 4.64. The molecule has 1 atom stereocenters. The molecule has 3 heterocycles. The third-order valence-corrected chi connectivity index (χ3v) is 4.57. The Morgan fingerprint density at radius 2 is 2.38 bits per heavy atom. The van der Waals surface area contributed by atoms with E-state index in [4.69, 9.17) is 4.42 Å². The SMILES string of the molecule is Cc1ccc2occ(CC(=O)Nc3cn[nH]c3C3CCNC3)c2c1. The van der Waals surface area contributed by atoms with E-state index in [1.54, 1.807) is 12.5 Å². The zero-order chi connectivity index (χ0) is 16.5. The number of carbonyl (C=O) groups excluding carboxylic acids is 1. The molecule has 1 amide bonds. The number of benzene rings is 1. The maximum Gasteiger partial charge on any atom is 0.229 e. The highest BCUT2D eigenvalue weighted by molar-refractivity contribution is 5.95. The van der Waals surface area contributed by atoms with Gasteiger partial charge < -0.3 is 15.1 Å². The van der Waals surface area contributed by atoms with Crippen LogP contribution in [0.15, 0.2) is 35.1 Å². The van der Waals surface area contributed by atoms with Gasteiger partial charge in [0, 0.05) is 23.4 Å². The fraction of sp³-hybridized carbons (Fsp3) is 0.333.